The van der Waals surface area contributed by atoms with Crippen LogP contribution in [0.4, 0.5) is 0 Å². The van der Waals surface area contributed by atoms with Gasteiger partial charge in [-0.15, -0.1) is 0 Å². The van der Waals surface area contributed by atoms with E-state index in [1.807, 2.05) is 6.92 Å². The number of hydrogen-bond acceptors (Lipinski definition) is 3. The normalized spacial score (nSPS) is 35.1. The Hall–Kier alpha value is -0.900. The fraction of sp³-hybridized carbons (Fsp3) is 0.833. The molecule has 1 saturated heterocycles. The molecule has 16 heavy (non-hydrogen) atoms. The molecule has 0 bridgehead atoms. The first-order valence-corrected chi connectivity index (χ1v) is 6.23. The van der Waals surface area contributed by atoms with E-state index in [4.69, 9.17) is 0 Å². The van der Waals surface area contributed by atoms with Gasteiger partial charge in [0.25, 0.3) is 0 Å². The summed E-state index contributed by atoms with van der Waals surface area (Å²) in [6, 6.07) is 0.150. The topological polar surface area (TPSA) is 49.4 Å². The number of likely N-dealkylation sites (tertiary alicyclic amines) is 1. The van der Waals surface area contributed by atoms with Gasteiger partial charge in [0.15, 0.2) is 0 Å². The number of amides is 2. The second kappa shape index (κ2) is 4.53. The Bertz CT molecular complexity index is 303. The highest BCUT2D eigenvalue weighted by molar-refractivity contribution is 6.05. The number of imide groups is 1. The van der Waals surface area contributed by atoms with Crippen LogP contribution in [0.1, 0.15) is 39.5 Å². The van der Waals surface area contributed by atoms with Gasteiger partial charge in [-0.1, -0.05) is 13.3 Å². The average Bonchev–Trinajstić information content (AvgIpc) is 2.74. The van der Waals surface area contributed by atoms with Crippen molar-refractivity contribution in [1.29, 1.82) is 0 Å². The molecule has 0 radical (unpaired) electrons. The number of rotatable bonds is 3. The molecule has 90 valence electrons. The average molecular weight is 224 g/mol. The van der Waals surface area contributed by atoms with E-state index in [0.717, 1.165) is 6.42 Å². The minimum absolute atomic E-state index is 0.0318. The van der Waals surface area contributed by atoms with Gasteiger partial charge in [0, 0.05) is 12.6 Å². The van der Waals surface area contributed by atoms with Gasteiger partial charge in [-0.25, -0.2) is 0 Å². The Kier molecular flexibility index (Phi) is 3.28. The molecule has 0 aromatic heterocycles. The fourth-order valence-electron chi connectivity index (χ4n) is 2.80. The summed E-state index contributed by atoms with van der Waals surface area (Å²) < 4.78 is 0. The summed E-state index contributed by atoms with van der Waals surface area (Å²) in [5, 5.41) is 3.36. The number of nitrogens with one attached hydrogen (secondary N) is 1. The SMILES string of the molecule is CCN1C(=O)CC(NC2CCCC2C)C1=O. The summed E-state index contributed by atoms with van der Waals surface area (Å²) in [5.41, 5.74) is 0. The van der Waals surface area contributed by atoms with Crippen molar-refractivity contribution >= 4 is 11.8 Å². The van der Waals surface area contributed by atoms with Crippen LogP contribution >= 0.6 is 0 Å². The molecule has 2 fully saturated rings. The molecule has 0 spiro atoms. The first kappa shape index (κ1) is 11.6. The van der Waals surface area contributed by atoms with Gasteiger partial charge in [0.05, 0.1) is 12.5 Å². The van der Waals surface area contributed by atoms with Crippen molar-refractivity contribution < 1.29 is 9.59 Å². The Balaban J connectivity index is 1.96. The molecule has 3 atom stereocenters. The molecule has 4 heteroatoms. The summed E-state index contributed by atoms with van der Waals surface area (Å²) >= 11 is 0. The molecule has 2 rings (SSSR count). The highest BCUT2D eigenvalue weighted by Gasteiger charge is 2.39. The first-order valence-electron chi connectivity index (χ1n) is 6.23. The molecule has 1 aliphatic carbocycles. The van der Waals surface area contributed by atoms with Crippen LogP contribution in [0.2, 0.25) is 0 Å². The zero-order chi connectivity index (χ0) is 11.7. The van der Waals surface area contributed by atoms with Crippen molar-refractivity contribution in [3.05, 3.63) is 0 Å². The smallest absolute Gasteiger partial charge is 0.246 e. The van der Waals surface area contributed by atoms with Crippen LogP contribution in [-0.2, 0) is 9.59 Å². The van der Waals surface area contributed by atoms with Crippen molar-refractivity contribution in [2.24, 2.45) is 5.92 Å². The Labute approximate surface area is 96.4 Å². The summed E-state index contributed by atoms with van der Waals surface area (Å²) in [6.45, 7) is 4.55. The number of nitrogens with zero attached hydrogens (tertiary/aromatic N) is 1. The number of hydrogen-bond donors (Lipinski definition) is 1. The maximum Gasteiger partial charge on any atom is 0.246 e. The van der Waals surface area contributed by atoms with Gasteiger partial charge < -0.3 is 5.32 Å². The van der Waals surface area contributed by atoms with Gasteiger partial charge in [0.2, 0.25) is 11.8 Å². The van der Waals surface area contributed by atoms with E-state index < -0.39 is 0 Å². The molecule has 0 aromatic rings. The summed E-state index contributed by atoms with van der Waals surface area (Å²) in [4.78, 5) is 24.8. The molecule has 4 nitrogen and oxygen atoms in total. The van der Waals surface area contributed by atoms with E-state index in [-0.39, 0.29) is 17.9 Å². The van der Waals surface area contributed by atoms with Gasteiger partial charge >= 0.3 is 0 Å². The van der Waals surface area contributed by atoms with Crippen molar-refractivity contribution in [3.63, 3.8) is 0 Å². The van der Waals surface area contributed by atoms with Gasteiger partial charge in [0.1, 0.15) is 0 Å². The maximum absolute atomic E-state index is 11.9. The van der Waals surface area contributed by atoms with E-state index in [1.54, 1.807) is 0 Å². The van der Waals surface area contributed by atoms with Crippen LogP contribution in [-0.4, -0.2) is 35.3 Å². The summed E-state index contributed by atoms with van der Waals surface area (Å²) in [6.07, 6.45) is 3.93. The summed E-state index contributed by atoms with van der Waals surface area (Å²) in [7, 11) is 0. The Morgan fingerprint density at radius 2 is 2.12 bits per heavy atom. The molecule has 1 heterocycles. The zero-order valence-corrected chi connectivity index (χ0v) is 10.0. The number of carbonyl (C=O) groups excluding carboxylic acids is 2. The van der Waals surface area contributed by atoms with Crippen LogP contribution in [0.5, 0.6) is 0 Å². The van der Waals surface area contributed by atoms with Gasteiger partial charge in [-0.2, -0.15) is 0 Å². The van der Waals surface area contributed by atoms with Crippen molar-refractivity contribution in [2.45, 2.75) is 51.6 Å². The van der Waals surface area contributed by atoms with Crippen LogP contribution in [0.3, 0.4) is 0 Å². The minimum Gasteiger partial charge on any atom is -0.302 e. The van der Waals surface area contributed by atoms with E-state index >= 15 is 0 Å². The van der Waals surface area contributed by atoms with Crippen LogP contribution < -0.4 is 5.32 Å². The molecule has 2 amide bonds. The lowest BCUT2D eigenvalue weighted by atomic mass is 10.1. The van der Waals surface area contributed by atoms with Crippen molar-refractivity contribution in [1.82, 2.24) is 10.2 Å². The molecule has 0 aromatic carbocycles. The number of carbonyl (C=O) groups is 2. The van der Waals surface area contributed by atoms with E-state index in [9.17, 15) is 9.59 Å². The predicted octanol–water partition coefficient (Wildman–Crippen LogP) is 0.912. The molecular weight excluding hydrogens is 204 g/mol. The largest absolute Gasteiger partial charge is 0.302 e. The van der Waals surface area contributed by atoms with Crippen LogP contribution in [0.25, 0.3) is 0 Å². The Morgan fingerprint density at radius 1 is 1.38 bits per heavy atom. The predicted molar refractivity (Wildman–Crippen MR) is 60.7 cm³/mol. The fourth-order valence-corrected chi connectivity index (χ4v) is 2.80. The van der Waals surface area contributed by atoms with Crippen LogP contribution in [0, 0.1) is 5.92 Å². The van der Waals surface area contributed by atoms with Crippen molar-refractivity contribution in [3.8, 4) is 0 Å². The minimum atomic E-state index is -0.266. The quantitative estimate of drug-likeness (QED) is 0.725. The third kappa shape index (κ3) is 1.98. The van der Waals surface area contributed by atoms with E-state index in [0.29, 0.717) is 24.9 Å². The molecule has 2 aliphatic rings. The van der Waals surface area contributed by atoms with Gasteiger partial charge in [-0.05, 0) is 25.7 Å². The highest BCUT2D eigenvalue weighted by atomic mass is 16.2. The maximum atomic E-state index is 11.9. The third-order valence-corrected chi connectivity index (χ3v) is 3.84. The molecule has 3 unspecified atom stereocenters. The molecule has 1 N–H and O–H groups in total. The zero-order valence-electron chi connectivity index (χ0n) is 10.0. The van der Waals surface area contributed by atoms with E-state index in [1.165, 1.54) is 17.7 Å². The third-order valence-electron chi connectivity index (χ3n) is 3.84. The monoisotopic (exact) mass is 224 g/mol. The second-order valence-corrected chi connectivity index (χ2v) is 4.91. The lowest BCUT2D eigenvalue weighted by molar-refractivity contribution is -0.138. The standard InChI is InChI=1S/C12H20N2O2/c1-3-14-11(15)7-10(12(14)16)13-9-6-4-5-8(9)2/h8-10,13H,3-7H2,1-2H3. The summed E-state index contributed by atoms with van der Waals surface area (Å²) in [5.74, 6) is 0.556. The molecule has 1 aliphatic heterocycles. The molecule has 1 saturated carbocycles. The van der Waals surface area contributed by atoms with E-state index in [2.05, 4.69) is 12.2 Å². The lowest BCUT2D eigenvalue weighted by Crippen LogP contribution is -2.44. The Morgan fingerprint density at radius 3 is 2.62 bits per heavy atom. The first-order chi connectivity index (χ1) is 7.63. The van der Waals surface area contributed by atoms with Crippen LogP contribution in [0.15, 0.2) is 0 Å². The number of likely N-dealkylation sites (N-methyl/N-ethyl adjacent to an activating group) is 1. The second-order valence-electron chi connectivity index (χ2n) is 4.91. The van der Waals surface area contributed by atoms with Crippen molar-refractivity contribution in [2.75, 3.05) is 6.54 Å². The molecular formula is C12H20N2O2. The highest BCUT2D eigenvalue weighted by Crippen LogP contribution is 2.26. The lowest BCUT2D eigenvalue weighted by Gasteiger charge is -2.21. The van der Waals surface area contributed by atoms with Gasteiger partial charge in [-0.3, -0.25) is 14.5 Å².